The number of aromatic nitrogens is 2. The fraction of sp³-hybridized carbons (Fsp3) is 0.217. The van der Waals surface area contributed by atoms with Crippen LogP contribution in [0.5, 0.6) is 0 Å². The summed E-state index contributed by atoms with van der Waals surface area (Å²) >= 11 is -2.24. The van der Waals surface area contributed by atoms with E-state index in [2.05, 4.69) is 20.1 Å². The van der Waals surface area contributed by atoms with Crippen molar-refractivity contribution in [1.29, 1.82) is 0 Å². The molecular formula is C46H56Cl2N8O4P2Sn. The topological polar surface area (TPSA) is 131 Å². The second-order valence-corrected chi connectivity index (χ2v) is 41.9. The van der Waals surface area contributed by atoms with Crippen LogP contribution in [0.3, 0.4) is 0 Å². The molecule has 0 aliphatic heterocycles. The monoisotopic (exact) mass is 1040 g/mol. The predicted octanol–water partition coefficient (Wildman–Crippen LogP) is 10.5. The summed E-state index contributed by atoms with van der Waals surface area (Å²) in [4.78, 5) is 37.3. The van der Waals surface area contributed by atoms with E-state index in [0.717, 1.165) is 22.3 Å². The van der Waals surface area contributed by atoms with Crippen LogP contribution in [0.1, 0.15) is 43.0 Å². The van der Waals surface area contributed by atoms with Crippen molar-refractivity contribution >= 4 is 61.0 Å². The standard InChI is InChI=1S/2C22H25N4O2P.2CH3.2ClH.Sn/c2*1-25(17-19-9-5-3-6-10-19)29(28,24-22(27)21-13-15-23-16-14-21)26(2)18-20-11-7-4-8-12-20;;;;;/h2*3-16H,17-18H2,1-2H3,(H,24,27,28);2*1H3;2*1H;/q;;;;;;+2/p-2. The van der Waals surface area contributed by atoms with Gasteiger partial charge in [-0.3, -0.25) is 38.9 Å². The first-order valence-electron chi connectivity index (χ1n) is 20.0. The summed E-state index contributed by atoms with van der Waals surface area (Å²) < 4.78 is 35.1. The number of benzene rings is 4. The Hall–Kier alpha value is -4.20. The van der Waals surface area contributed by atoms with Gasteiger partial charge in [-0.25, -0.2) is 18.7 Å². The van der Waals surface area contributed by atoms with Crippen LogP contribution < -0.4 is 10.2 Å². The van der Waals surface area contributed by atoms with E-state index in [-0.39, 0.29) is 0 Å². The van der Waals surface area contributed by atoms with Gasteiger partial charge in [-0.05, 0) is 74.7 Å². The molecule has 0 aliphatic carbocycles. The number of nitrogens with one attached hydrogen (secondary N) is 2. The third-order valence-corrected chi connectivity index (χ3v) is 14.5. The zero-order chi connectivity index (χ0) is 45.9. The average molecular weight is 1040 g/mol. The Morgan fingerprint density at radius 1 is 0.460 bits per heavy atom. The molecule has 0 unspecified atom stereocenters. The molecule has 2 heterocycles. The Morgan fingerprint density at radius 3 is 0.873 bits per heavy atom. The van der Waals surface area contributed by atoms with E-state index in [1.807, 2.05) is 131 Å². The van der Waals surface area contributed by atoms with Gasteiger partial charge in [0.25, 0.3) is 11.8 Å². The molecule has 0 atom stereocenters. The molecule has 0 spiro atoms. The summed E-state index contributed by atoms with van der Waals surface area (Å²) in [6.07, 6.45) is 6.17. The molecule has 0 fully saturated rings. The van der Waals surface area contributed by atoms with Crippen molar-refractivity contribution in [3.63, 3.8) is 0 Å². The number of hydrogen-bond acceptors (Lipinski definition) is 6. The molecule has 2 N–H and O–H groups in total. The fourth-order valence-electron chi connectivity index (χ4n) is 6.04. The third kappa shape index (κ3) is 17.4. The summed E-state index contributed by atoms with van der Waals surface area (Å²) in [7, 11) is 11.3. The van der Waals surface area contributed by atoms with Gasteiger partial charge in [0.2, 0.25) is 0 Å². The van der Waals surface area contributed by atoms with Crippen molar-refractivity contribution in [2.45, 2.75) is 36.1 Å². The Bertz CT molecular complexity index is 2110. The van der Waals surface area contributed by atoms with Crippen LogP contribution in [0.2, 0.25) is 9.88 Å². The second-order valence-electron chi connectivity index (χ2n) is 15.0. The van der Waals surface area contributed by atoms with Gasteiger partial charge in [0.1, 0.15) is 0 Å². The van der Waals surface area contributed by atoms with Gasteiger partial charge in [-0.15, -0.1) is 0 Å². The molecule has 0 aliphatic rings. The molecule has 2 amide bonds. The average Bonchev–Trinajstić information content (AvgIpc) is 3.28. The molecule has 0 saturated carbocycles. The molecule has 4 aromatic carbocycles. The summed E-state index contributed by atoms with van der Waals surface area (Å²) in [6.45, 7) is 1.75. The van der Waals surface area contributed by atoms with E-state index in [9.17, 15) is 18.7 Å². The van der Waals surface area contributed by atoms with Gasteiger partial charge in [-0.2, -0.15) is 0 Å². The number of carbonyl (C=O) groups is 2. The van der Waals surface area contributed by atoms with Crippen LogP contribution in [0, 0.1) is 0 Å². The first-order chi connectivity index (χ1) is 30.0. The molecule has 6 rings (SSSR count). The van der Waals surface area contributed by atoms with Crippen LogP contribution in [0.4, 0.5) is 0 Å². The third-order valence-electron chi connectivity index (χ3n) is 9.25. The van der Waals surface area contributed by atoms with E-state index in [4.69, 9.17) is 17.8 Å². The van der Waals surface area contributed by atoms with Gasteiger partial charge in [-0.1, -0.05) is 121 Å². The molecule has 63 heavy (non-hydrogen) atoms. The van der Waals surface area contributed by atoms with Crippen LogP contribution in [0.15, 0.2) is 170 Å². The van der Waals surface area contributed by atoms with Crippen molar-refractivity contribution in [2.24, 2.45) is 0 Å². The molecule has 0 radical (unpaired) electrons. The minimum absolute atomic E-state index is 0.393. The normalized spacial score (nSPS) is 11.6. The van der Waals surface area contributed by atoms with Crippen molar-refractivity contribution in [3.8, 4) is 0 Å². The van der Waals surface area contributed by atoms with Crippen molar-refractivity contribution in [1.82, 2.24) is 38.8 Å². The summed E-state index contributed by atoms with van der Waals surface area (Å²) in [5.74, 6) is -0.786. The summed E-state index contributed by atoms with van der Waals surface area (Å²) in [5, 5.41) is 5.58. The number of rotatable bonds is 16. The Balaban J connectivity index is 0.000000250. The molecule has 6 aromatic rings. The van der Waals surface area contributed by atoms with Gasteiger partial charge in [0, 0.05) is 62.1 Å². The first kappa shape index (κ1) is 51.4. The maximum absolute atomic E-state index is 14.1. The number of halogens is 2. The quantitative estimate of drug-likeness (QED) is 0.0714. The van der Waals surface area contributed by atoms with Crippen LogP contribution >= 0.6 is 33.0 Å². The van der Waals surface area contributed by atoms with Crippen LogP contribution in [-0.2, 0) is 35.3 Å². The first-order valence-corrected chi connectivity index (χ1v) is 36.2. The van der Waals surface area contributed by atoms with E-state index >= 15 is 0 Å². The van der Waals surface area contributed by atoms with Gasteiger partial charge >= 0.3 is 59.0 Å². The number of carbonyl (C=O) groups excluding carboxylic acids is 2. The van der Waals surface area contributed by atoms with E-state index in [0.29, 0.717) is 37.3 Å². The Kier molecular flexibility index (Phi) is 20.7. The minimum atomic E-state index is -3.41. The molecule has 12 nitrogen and oxygen atoms in total. The predicted molar refractivity (Wildman–Crippen MR) is 259 cm³/mol. The van der Waals surface area contributed by atoms with Crippen molar-refractivity contribution < 1.29 is 18.7 Å². The van der Waals surface area contributed by atoms with Gasteiger partial charge in [0.05, 0.1) is 0 Å². The molecule has 0 saturated heterocycles. The van der Waals surface area contributed by atoms with Crippen LogP contribution in [0.25, 0.3) is 0 Å². The van der Waals surface area contributed by atoms with Crippen molar-refractivity contribution in [3.05, 3.63) is 204 Å². The second kappa shape index (κ2) is 25.3. The number of amides is 2. The molecular weight excluding hydrogens is 980 g/mol. The fourth-order valence-corrected chi connectivity index (χ4v) is 9.97. The summed E-state index contributed by atoms with van der Waals surface area (Å²) in [6, 6.07) is 45.5. The molecule has 0 bridgehead atoms. The molecule has 2 aromatic heterocycles. The van der Waals surface area contributed by atoms with Crippen LogP contribution in [-0.4, -0.2) is 84.8 Å². The zero-order valence-electron chi connectivity index (χ0n) is 36.5. The summed E-state index contributed by atoms with van der Waals surface area (Å²) in [5.41, 5.74) is 4.90. The zero-order valence-corrected chi connectivity index (χ0v) is 42.6. The molecule has 17 heteroatoms. The Morgan fingerprint density at radius 2 is 0.667 bits per heavy atom. The van der Waals surface area contributed by atoms with E-state index < -0.39 is 43.1 Å². The number of hydrogen-bond donors (Lipinski definition) is 2. The van der Waals surface area contributed by atoms with E-state index in [1.165, 1.54) is 0 Å². The van der Waals surface area contributed by atoms with Gasteiger partial charge < -0.3 is 0 Å². The van der Waals surface area contributed by atoms with Gasteiger partial charge in [0.15, 0.2) is 0 Å². The molecule has 332 valence electrons. The maximum atomic E-state index is 14.1. The van der Waals surface area contributed by atoms with Crippen molar-refractivity contribution in [2.75, 3.05) is 28.2 Å². The SMILES string of the molecule is CN(Cc1ccccc1)P(=O)(NC(=O)c1ccncc1)N(C)Cc1ccccc1.CN(Cc1ccccc1)P(=O)(NC(=O)c1ccncc1)N(C)Cc1ccccc1.[CH3][Sn]([CH3])([Cl])[Cl]. The Labute approximate surface area is 384 Å². The number of pyridine rings is 2. The number of nitrogens with zero attached hydrogens (tertiary/aromatic N) is 6. The van der Waals surface area contributed by atoms with E-state index in [1.54, 1.807) is 95.9 Å².